The number of hydrogen-bond donors (Lipinski definition) is 3. The maximum Gasteiger partial charge on any atom is 0.429 e. The predicted molar refractivity (Wildman–Crippen MR) is 142 cm³/mol. The Bertz CT molecular complexity index is 1420. The highest BCUT2D eigenvalue weighted by molar-refractivity contribution is 5.74. The van der Waals surface area contributed by atoms with E-state index in [4.69, 9.17) is 10.5 Å². The number of nitrogens with zero attached hydrogens (tertiary/aromatic N) is 5. The van der Waals surface area contributed by atoms with Crippen LogP contribution in [0.2, 0.25) is 0 Å². The molecule has 2 aliphatic rings. The number of carboxylic acids is 1. The largest absolute Gasteiger partial charge is 0.480 e. The first-order valence-corrected chi connectivity index (χ1v) is 12.8. The molecule has 0 saturated carbocycles. The van der Waals surface area contributed by atoms with Crippen molar-refractivity contribution in [1.29, 1.82) is 0 Å². The van der Waals surface area contributed by atoms with Crippen LogP contribution >= 0.6 is 0 Å². The third kappa shape index (κ3) is 5.60. The molecular formula is C27H30F3N7O3. The predicted octanol–water partition coefficient (Wildman–Crippen LogP) is 3.91. The number of carbonyl (C=O) groups is 1. The molecule has 1 unspecified atom stereocenters. The number of aryl methyl sites for hydroxylation is 1. The minimum Gasteiger partial charge on any atom is -0.480 e. The van der Waals surface area contributed by atoms with Crippen molar-refractivity contribution in [3.05, 3.63) is 59.9 Å². The Hall–Kier alpha value is -4.13. The van der Waals surface area contributed by atoms with Gasteiger partial charge in [0, 0.05) is 37.5 Å². The molecule has 212 valence electrons. The quantitative estimate of drug-likeness (QED) is 0.396. The number of hydrogen-bond acceptors (Lipinski definition) is 8. The molecule has 40 heavy (non-hydrogen) atoms. The zero-order chi connectivity index (χ0) is 28.7. The van der Waals surface area contributed by atoms with Crippen LogP contribution in [-0.4, -0.2) is 62.7 Å². The third-order valence-corrected chi connectivity index (χ3v) is 7.59. The van der Waals surface area contributed by atoms with Crippen molar-refractivity contribution >= 4 is 23.8 Å². The van der Waals surface area contributed by atoms with Crippen LogP contribution in [0.5, 0.6) is 5.88 Å². The molecule has 2 fully saturated rings. The SMILES string of the molecule is C=Cc1ccc(-n2ccc(C)n2)c(C(Oc2cc(N3CCC4(CC3)CN[C@H](C(=O)O)C4)nc(N)n2)C(F)(F)F)c1. The monoisotopic (exact) mass is 557 g/mol. The average molecular weight is 558 g/mol. The number of ether oxygens (including phenoxy) is 1. The van der Waals surface area contributed by atoms with Gasteiger partial charge in [-0.1, -0.05) is 18.7 Å². The van der Waals surface area contributed by atoms with Crippen LogP contribution < -0.4 is 20.7 Å². The van der Waals surface area contributed by atoms with Gasteiger partial charge in [-0.25, -0.2) is 4.68 Å². The number of anilines is 2. The van der Waals surface area contributed by atoms with Gasteiger partial charge in [0.2, 0.25) is 17.9 Å². The molecule has 1 spiro atoms. The van der Waals surface area contributed by atoms with E-state index in [1.807, 2.05) is 4.90 Å². The van der Waals surface area contributed by atoms with Crippen LogP contribution in [0, 0.1) is 12.3 Å². The molecule has 0 radical (unpaired) electrons. The fourth-order valence-corrected chi connectivity index (χ4v) is 5.43. The summed E-state index contributed by atoms with van der Waals surface area (Å²) in [4.78, 5) is 21.5. The molecule has 2 saturated heterocycles. The topological polar surface area (TPSA) is 131 Å². The van der Waals surface area contributed by atoms with Gasteiger partial charge in [0.1, 0.15) is 11.9 Å². The fourth-order valence-electron chi connectivity index (χ4n) is 5.43. The lowest BCUT2D eigenvalue weighted by Crippen LogP contribution is -2.41. The lowest BCUT2D eigenvalue weighted by atomic mass is 9.76. The molecule has 3 aromatic rings. The number of piperidine rings is 1. The number of carboxylic acid groups (broad SMARTS) is 1. The number of aromatic nitrogens is 4. The molecular weight excluding hydrogens is 527 g/mol. The van der Waals surface area contributed by atoms with E-state index in [-0.39, 0.29) is 28.5 Å². The molecule has 0 amide bonds. The first-order chi connectivity index (χ1) is 19.0. The molecule has 0 aliphatic carbocycles. The summed E-state index contributed by atoms with van der Waals surface area (Å²) in [5, 5.41) is 16.7. The van der Waals surface area contributed by atoms with Crippen LogP contribution in [0.25, 0.3) is 11.8 Å². The summed E-state index contributed by atoms with van der Waals surface area (Å²) in [6.45, 7) is 7.10. The maximum atomic E-state index is 14.5. The van der Waals surface area contributed by atoms with Crippen molar-refractivity contribution in [2.24, 2.45) is 5.41 Å². The molecule has 2 aliphatic heterocycles. The van der Waals surface area contributed by atoms with E-state index in [1.54, 1.807) is 25.3 Å². The number of nitrogens with two attached hydrogens (primary N) is 1. The van der Waals surface area contributed by atoms with Crippen LogP contribution in [0.15, 0.2) is 43.1 Å². The van der Waals surface area contributed by atoms with E-state index in [1.165, 1.54) is 29.0 Å². The Morgan fingerprint density at radius 1 is 1.27 bits per heavy atom. The Balaban J connectivity index is 1.42. The van der Waals surface area contributed by atoms with Crippen molar-refractivity contribution in [1.82, 2.24) is 25.1 Å². The van der Waals surface area contributed by atoms with Gasteiger partial charge in [-0.2, -0.15) is 28.2 Å². The van der Waals surface area contributed by atoms with Gasteiger partial charge in [-0.3, -0.25) is 4.79 Å². The summed E-state index contributed by atoms with van der Waals surface area (Å²) in [7, 11) is 0. The second kappa shape index (κ2) is 10.5. The molecule has 10 nitrogen and oxygen atoms in total. The second-order valence-corrected chi connectivity index (χ2v) is 10.3. The van der Waals surface area contributed by atoms with Gasteiger partial charge in [-0.05, 0) is 55.4 Å². The Morgan fingerprint density at radius 3 is 2.62 bits per heavy atom. The van der Waals surface area contributed by atoms with E-state index in [0.29, 0.717) is 56.0 Å². The summed E-state index contributed by atoms with van der Waals surface area (Å²) in [6.07, 6.45) is -2.20. The summed E-state index contributed by atoms with van der Waals surface area (Å²) in [5.41, 5.74) is 6.94. The number of nitrogens with one attached hydrogen (secondary N) is 1. The number of benzene rings is 1. The van der Waals surface area contributed by atoms with Crippen molar-refractivity contribution < 1.29 is 27.8 Å². The van der Waals surface area contributed by atoms with E-state index in [9.17, 15) is 23.1 Å². The van der Waals surface area contributed by atoms with E-state index >= 15 is 0 Å². The van der Waals surface area contributed by atoms with Gasteiger partial charge in [0.25, 0.3) is 0 Å². The normalized spacial score (nSPS) is 19.5. The molecule has 13 heteroatoms. The summed E-state index contributed by atoms with van der Waals surface area (Å²) in [5.74, 6) is -1.05. The zero-order valence-corrected chi connectivity index (χ0v) is 21.9. The summed E-state index contributed by atoms with van der Waals surface area (Å²) < 4.78 is 50.5. The Morgan fingerprint density at radius 2 is 2.02 bits per heavy atom. The Labute approximate surface area is 228 Å². The minimum atomic E-state index is -4.80. The van der Waals surface area contributed by atoms with Crippen LogP contribution in [0.4, 0.5) is 24.9 Å². The highest BCUT2D eigenvalue weighted by Gasteiger charge is 2.46. The van der Waals surface area contributed by atoms with Crippen molar-refractivity contribution in [2.75, 3.05) is 30.3 Å². The second-order valence-electron chi connectivity index (χ2n) is 10.3. The molecule has 4 N–H and O–H groups in total. The highest BCUT2D eigenvalue weighted by atomic mass is 19.4. The molecule has 0 bridgehead atoms. The maximum absolute atomic E-state index is 14.5. The fraction of sp³-hybridized carbons (Fsp3) is 0.407. The van der Waals surface area contributed by atoms with Crippen LogP contribution in [-0.2, 0) is 4.79 Å². The molecule has 2 atom stereocenters. The van der Waals surface area contributed by atoms with E-state index < -0.39 is 24.3 Å². The van der Waals surface area contributed by atoms with Gasteiger partial charge in [0.15, 0.2) is 0 Å². The van der Waals surface area contributed by atoms with E-state index in [2.05, 4.69) is 27.0 Å². The molecule has 2 aromatic heterocycles. The standard InChI is InChI=1S/C27H30F3N7O3/c1-3-17-4-5-20(37-9-6-16(2)35-37)18(12-17)23(27(28,29)30)40-22-13-21(33-25(31)34-22)36-10-7-26(8-11-36)14-19(24(38)39)32-15-26/h3-6,9,12-13,19,23,32H,1,7-8,10-11,14-15H2,2H3,(H,38,39)(H2,31,33,34)/t19-,23?/m0/s1. The number of aliphatic carboxylic acids is 1. The van der Waals surface area contributed by atoms with Gasteiger partial charge in [-0.15, -0.1) is 0 Å². The van der Waals surface area contributed by atoms with Crippen LogP contribution in [0.3, 0.4) is 0 Å². The lowest BCUT2D eigenvalue weighted by Gasteiger charge is -2.39. The third-order valence-electron chi connectivity index (χ3n) is 7.59. The van der Waals surface area contributed by atoms with Gasteiger partial charge >= 0.3 is 12.1 Å². The van der Waals surface area contributed by atoms with Crippen molar-refractivity contribution in [3.8, 4) is 11.6 Å². The minimum absolute atomic E-state index is 0.143. The number of nitrogen functional groups attached to an aromatic ring is 1. The van der Waals surface area contributed by atoms with Crippen LogP contribution in [0.1, 0.15) is 42.2 Å². The van der Waals surface area contributed by atoms with Gasteiger partial charge < -0.3 is 25.8 Å². The number of rotatable bonds is 7. The Kier molecular flexibility index (Phi) is 7.17. The first-order valence-electron chi connectivity index (χ1n) is 12.8. The highest BCUT2D eigenvalue weighted by Crippen LogP contribution is 2.42. The zero-order valence-electron chi connectivity index (χ0n) is 21.9. The average Bonchev–Trinajstić information content (AvgIpc) is 3.53. The van der Waals surface area contributed by atoms with E-state index in [0.717, 1.165) is 0 Å². The summed E-state index contributed by atoms with van der Waals surface area (Å²) >= 11 is 0. The van der Waals surface area contributed by atoms with Crippen molar-refractivity contribution in [2.45, 2.75) is 44.5 Å². The molecule has 5 rings (SSSR count). The number of halogens is 3. The molecule has 1 aromatic carbocycles. The lowest BCUT2D eigenvalue weighted by molar-refractivity contribution is -0.198. The summed E-state index contributed by atoms with van der Waals surface area (Å²) in [6, 6.07) is 7.03. The molecule has 4 heterocycles. The first kappa shape index (κ1) is 27.4. The smallest absolute Gasteiger partial charge is 0.429 e. The number of alkyl halides is 3. The van der Waals surface area contributed by atoms with Crippen molar-refractivity contribution in [3.63, 3.8) is 0 Å². The van der Waals surface area contributed by atoms with Gasteiger partial charge in [0.05, 0.1) is 11.4 Å².